The maximum absolute atomic E-state index is 6.22. The minimum atomic E-state index is -0.195. The Labute approximate surface area is 126 Å². The Morgan fingerprint density at radius 2 is 1.90 bits per heavy atom. The monoisotopic (exact) mass is 287 g/mol. The number of benzene rings is 1. The molecule has 4 heteroatoms. The van der Waals surface area contributed by atoms with Crippen LogP contribution < -0.4 is 10.5 Å². The summed E-state index contributed by atoms with van der Waals surface area (Å²) < 4.78 is 7.99. The van der Waals surface area contributed by atoms with E-state index in [1.807, 2.05) is 26.4 Å². The van der Waals surface area contributed by atoms with Crippen molar-refractivity contribution in [2.45, 2.75) is 45.8 Å². The Morgan fingerprint density at radius 3 is 2.43 bits per heavy atom. The van der Waals surface area contributed by atoms with Crippen LogP contribution in [0.4, 0.5) is 0 Å². The lowest BCUT2D eigenvalue weighted by molar-refractivity contribution is 0.179. The van der Waals surface area contributed by atoms with Gasteiger partial charge >= 0.3 is 0 Å². The van der Waals surface area contributed by atoms with Crippen LogP contribution in [0.25, 0.3) is 0 Å². The molecule has 1 aromatic carbocycles. The van der Waals surface area contributed by atoms with Crippen LogP contribution in [0, 0.1) is 6.92 Å². The molecule has 0 aliphatic heterocycles. The summed E-state index contributed by atoms with van der Waals surface area (Å²) in [4.78, 5) is 0. The third-order valence-corrected chi connectivity index (χ3v) is 3.66. The summed E-state index contributed by atoms with van der Waals surface area (Å²) in [5.41, 5.74) is 9.50. The van der Waals surface area contributed by atoms with E-state index < -0.39 is 0 Å². The van der Waals surface area contributed by atoms with E-state index in [0.29, 0.717) is 5.92 Å². The number of aryl methyl sites for hydroxylation is 2. The van der Waals surface area contributed by atoms with Crippen molar-refractivity contribution in [3.05, 3.63) is 47.3 Å². The number of nitrogens with two attached hydrogens (primary N) is 1. The number of rotatable bonds is 5. The zero-order valence-electron chi connectivity index (χ0n) is 13.5. The number of hydrogen-bond acceptors (Lipinski definition) is 3. The van der Waals surface area contributed by atoms with Crippen molar-refractivity contribution in [1.29, 1.82) is 0 Å². The minimum Gasteiger partial charge on any atom is -0.484 e. The van der Waals surface area contributed by atoms with Crippen molar-refractivity contribution in [3.8, 4) is 5.75 Å². The molecule has 1 aromatic heterocycles. The van der Waals surface area contributed by atoms with E-state index in [-0.39, 0.29) is 12.1 Å². The molecule has 0 amide bonds. The van der Waals surface area contributed by atoms with Crippen LogP contribution in [0.3, 0.4) is 0 Å². The molecule has 0 radical (unpaired) electrons. The summed E-state index contributed by atoms with van der Waals surface area (Å²) in [5.74, 6) is 1.37. The van der Waals surface area contributed by atoms with Gasteiger partial charge in [-0.1, -0.05) is 26.0 Å². The first-order chi connectivity index (χ1) is 9.88. The highest BCUT2D eigenvalue weighted by atomic mass is 16.5. The van der Waals surface area contributed by atoms with Crippen LogP contribution in [0.2, 0.25) is 0 Å². The summed E-state index contributed by atoms with van der Waals surface area (Å²) in [6.07, 6.45) is 3.57. The molecule has 114 valence electrons. The van der Waals surface area contributed by atoms with Gasteiger partial charge in [0.05, 0.1) is 6.20 Å². The normalized spacial score (nSPS) is 14.2. The van der Waals surface area contributed by atoms with Gasteiger partial charge in [0.15, 0.2) is 0 Å². The lowest BCUT2D eigenvalue weighted by Crippen LogP contribution is -2.29. The van der Waals surface area contributed by atoms with E-state index in [1.54, 1.807) is 4.68 Å². The van der Waals surface area contributed by atoms with E-state index in [1.165, 1.54) is 5.56 Å². The average Bonchev–Trinajstić information content (AvgIpc) is 2.83. The fourth-order valence-corrected chi connectivity index (χ4v) is 2.31. The lowest BCUT2D eigenvalue weighted by atomic mass is 10.0. The fourth-order valence-electron chi connectivity index (χ4n) is 2.31. The summed E-state index contributed by atoms with van der Waals surface area (Å²) in [6.45, 7) is 8.37. The molecule has 2 unspecified atom stereocenters. The highest BCUT2D eigenvalue weighted by Crippen LogP contribution is 2.29. The van der Waals surface area contributed by atoms with Crippen LogP contribution in [0.5, 0.6) is 5.75 Å². The van der Waals surface area contributed by atoms with Crippen molar-refractivity contribution < 1.29 is 4.74 Å². The molecule has 21 heavy (non-hydrogen) atoms. The highest BCUT2D eigenvalue weighted by molar-refractivity contribution is 5.38. The Morgan fingerprint density at radius 1 is 1.19 bits per heavy atom. The van der Waals surface area contributed by atoms with Gasteiger partial charge in [0.2, 0.25) is 0 Å². The number of hydrogen-bond donors (Lipinski definition) is 1. The first-order valence-electron chi connectivity index (χ1n) is 7.39. The van der Waals surface area contributed by atoms with Gasteiger partial charge in [-0.3, -0.25) is 4.68 Å². The van der Waals surface area contributed by atoms with E-state index in [2.05, 4.69) is 44.1 Å². The molecule has 0 bridgehead atoms. The standard InChI is InChI=1S/C17H25N3O/c1-11(2)14-7-6-12(3)16(8-14)21-17(13(4)18)15-9-19-20(5)10-15/h6-11,13,17H,18H2,1-5H3. The minimum absolute atomic E-state index is 0.115. The van der Waals surface area contributed by atoms with E-state index in [0.717, 1.165) is 16.9 Å². The molecule has 0 aliphatic rings. The quantitative estimate of drug-likeness (QED) is 0.917. The first kappa shape index (κ1) is 15.6. The van der Waals surface area contributed by atoms with Gasteiger partial charge in [-0.15, -0.1) is 0 Å². The van der Waals surface area contributed by atoms with Crippen LogP contribution in [-0.4, -0.2) is 15.8 Å². The molecular formula is C17H25N3O. The predicted molar refractivity (Wildman–Crippen MR) is 85.5 cm³/mol. The van der Waals surface area contributed by atoms with Gasteiger partial charge in [0.1, 0.15) is 11.9 Å². The Bertz CT molecular complexity index is 602. The molecule has 0 saturated carbocycles. The second-order valence-corrected chi connectivity index (χ2v) is 6.02. The fraction of sp³-hybridized carbons (Fsp3) is 0.471. The SMILES string of the molecule is Cc1ccc(C(C)C)cc1OC(c1cnn(C)c1)C(C)N. The van der Waals surface area contributed by atoms with E-state index in [4.69, 9.17) is 10.5 Å². The molecule has 0 fully saturated rings. The number of aromatic nitrogens is 2. The molecule has 0 spiro atoms. The maximum atomic E-state index is 6.22. The van der Waals surface area contributed by atoms with Crippen molar-refractivity contribution in [2.75, 3.05) is 0 Å². The van der Waals surface area contributed by atoms with Gasteiger partial charge in [0, 0.05) is 24.8 Å². The third kappa shape index (κ3) is 3.64. The number of ether oxygens (including phenoxy) is 1. The molecule has 0 aliphatic carbocycles. The van der Waals surface area contributed by atoms with Gasteiger partial charge in [-0.05, 0) is 37.0 Å². The number of nitrogens with zero attached hydrogens (tertiary/aromatic N) is 2. The molecular weight excluding hydrogens is 262 g/mol. The Balaban J connectivity index is 2.31. The molecule has 2 N–H and O–H groups in total. The van der Waals surface area contributed by atoms with Gasteiger partial charge in [-0.25, -0.2) is 0 Å². The summed E-state index contributed by atoms with van der Waals surface area (Å²) in [6, 6.07) is 6.26. The second kappa shape index (κ2) is 6.31. The first-order valence-corrected chi connectivity index (χ1v) is 7.39. The summed E-state index contributed by atoms with van der Waals surface area (Å²) in [5, 5.41) is 4.21. The largest absolute Gasteiger partial charge is 0.484 e. The van der Waals surface area contributed by atoms with Gasteiger partial charge in [0.25, 0.3) is 0 Å². The molecule has 2 atom stereocenters. The van der Waals surface area contributed by atoms with Crippen molar-refractivity contribution in [1.82, 2.24) is 9.78 Å². The van der Waals surface area contributed by atoms with Gasteiger partial charge in [-0.2, -0.15) is 5.10 Å². The van der Waals surface area contributed by atoms with Crippen LogP contribution in [0.1, 0.15) is 49.5 Å². The van der Waals surface area contributed by atoms with Crippen molar-refractivity contribution in [3.63, 3.8) is 0 Å². The van der Waals surface area contributed by atoms with Crippen molar-refractivity contribution in [2.24, 2.45) is 12.8 Å². The second-order valence-electron chi connectivity index (χ2n) is 6.02. The zero-order valence-corrected chi connectivity index (χ0v) is 13.5. The zero-order chi connectivity index (χ0) is 15.6. The molecule has 4 nitrogen and oxygen atoms in total. The molecule has 2 aromatic rings. The van der Waals surface area contributed by atoms with Crippen LogP contribution in [-0.2, 0) is 7.05 Å². The maximum Gasteiger partial charge on any atom is 0.141 e. The van der Waals surface area contributed by atoms with E-state index in [9.17, 15) is 0 Å². The summed E-state index contributed by atoms with van der Waals surface area (Å²) in [7, 11) is 1.90. The highest BCUT2D eigenvalue weighted by Gasteiger charge is 2.21. The Hall–Kier alpha value is -1.81. The molecule has 1 heterocycles. The van der Waals surface area contributed by atoms with Crippen LogP contribution in [0.15, 0.2) is 30.6 Å². The van der Waals surface area contributed by atoms with Crippen molar-refractivity contribution >= 4 is 0 Å². The molecule has 0 saturated heterocycles. The smallest absolute Gasteiger partial charge is 0.141 e. The Kier molecular flexibility index (Phi) is 4.68. The lowest BCUT2D eigenvalue weighted by Gasteiger charge is -2.23. The molecule has 2 rings (SSSR count). The van der Waals surface area contributed by atoms with Gasteiger partial charge < -0.3 is 10.5 Å². The third-order valence-electron chi connectivity index (χ3n) is 3.66. The van der Waals surface area contributed by atoms with Crippen LogP contribution >= 0.6 is 0 Å². The predicted octanol–water partition coefficient (Wildman–Crippen LogP) is 3.32. The topological polar surface area (TPSA) is 53.1 Å². The summed E-state index contributed by atoms with van der Waals surface area (Å²) >= 11 is 0. The average molecular weight is 287 g/mol. The van der Waals surface area contributed by atoms with E-state index >= 15 is 0 Å².